The molecule has 0 saturated carbocycles. The number of nitrogens with one attached hydrogen (secondary N) is 1. The number of amides is 1. The van der Waals surface area contributed by atoms with Crippen molar-refractivity contribution in [3.8, 4) is 0 Å². The van der Waals surface area contributed by atoms with Crippen molar-refractivity contribution in [1.82, 2.24) is 10.4 Å². The Morgan fingerprint density at radius 2 is 1.82 bits per heavy atom. The Morgan fingerprint density at radius 1 is 1.24 bits per heavy atom. The molecule has 0 aliphatic carbocycles. The molecule has 0 spiro atoms. The average Bonchev–Trinajstić information content (AvgIpc) is 2.25. The molecule has 0 bridgehead atoms. The number of carbonyl (C=O) groups excluding carboxylic acids is 1. The minimum atomic E-state index is 0.0266. The van der Waals surface area contributed by atoms with Gasteiger partial charge in [0.2, 0.25) is 0 Å². The smallest absolute Gasteiger partial charge is 0.269 e. The summed E-state index contributed by atoms with van der Waals surface area (Å²) in [6.45, 7) is 8.06. The zero-order chi connectivity index (χ0) is 13.0. The lowest BCUT2D eigenvalue weighted by atomic mass is 10.2. The first kappa shape index (κ1) is 14.4. The Labute approximate surface area is 117 Å². The van der Waals surface area contributed by atoms with Crippen LogP contribution in [0.15, 0.2) is 24.3 Å². The molecule has 1 rings (SSSR count). The zero-order valence-electron chi connectivity index (χ0n) is 10.7. The maximum Gasteiger partial charge on any atom is 0.269 e. The number of rotatable bonds is 4. The first-order valence-corrected chi connectivity index (χ1v) is 6.85. The van der Waals surface area contributed by atoms with Gasteiger partial charge in [-0.05, 0) is 62.4 Å². The van der Waals surface area contributed by atoms with E-state index in [9.17, 15) is 4.79 Å². The Balaban J connectivity index is 2.96. The zero-order valence-corrected chi connectivity index (χ0v) is 12.9. The van der Waals surface area contributed by atoms with Gasteiger partial charge in [0.05, 0.1) is 5.56 Å². The molecular weight excluding hydrogens is 327 g/mol. The predicted molar refractivity (Wildman–Crippen MR) is 78.7 cm³/mol. The van der Waals surface area contributed by atoms with Gasteiger partial charge in [-0.2, -0.15) is 0 Å². The van der Waals surface area contributed by atoms with Crippen LogP contribution in [0.4, 0.5) is 0 Å². The monoisotopic (exact) mass is 346 g/mol. The number of halogens is 1. The van der Waals surface area contributed by atoms with Crippen LogP contribution in [-0.2, 0) is 0 Å². The number of benzene rings is 1. The van der Waals surface area contributed by atoms with E-state index < -0.39 is 0 Å². The van der Waals surface area contributed by atoms with Crippen LogP contribution in [0.1, 0.15) is 38.1 Å². The molecule has 0 aliphatic rings. The molecule has 1 amide bonds. The van der Waals surface area contributed by atoms with Crippen molar-refractivity contribution in [3.05, 3.63) is 33.4 Å². The fourth-order valence-electron chi connectivity index (χ4n) is 1.48. The SMILES string of the molecule is CC(C)NN(C(=O)c1ccccc1I)C(C)C. The summed E-state index contributed by atoms with van der Waals surface area (Å²) in [5, 5.41) is 1.70. The lowest BCUT2D eigenvalue weighted by molar-refractivity contribution is 0.0549. The Morgan fingerprint density at radius 3 is 2.29 bits per heavy atom. The summed E-state index contributed by atoms with van der Waals surface area (Å²) in [6, 6.07) is 8.00. The van der Waals surface area contributed by atoms with Gasteiger partial charge in [-0.25, -0.2) is 5.43 Å². The van der Waals surface area contributed by atoms with Crippen LogP contribution in [0, 0.1) is 3.57 Å². The summed E-state index contributed by atoms with van der Waals surface area (Å²) in [7, 11) is 0. The molecule has 0 unspecified atom stereocenters. The highest BCUT2D eigenvalue weighted by molar-refractivity contribution is 14.1. The van der Waals surface area contributed by atoms with E-state index in [0.717, 1.165) is 9.13 Å². The summed E-state index contributed by atoms with van der Waals surface area (Å²) in [6.07, 6.45) is 0. The van der Waals surface area contributed by atoms with Gasteiger partial charge in [0, 0.05) is 15.7 Å². The molecule has 0 radical (unpaired) electrons. The summed E-state index contributed by atoms with van der Waals surface area (Å²) in [5.74, 6) is 0.0266. The van der Waals surface area contributed by atoms with Gasteiger partial charge in [0.25, 0.3) is 5.91 Å². The van der Waals surface area contributed by atoms with E-state index >= 15 is 0 Å². The summed E-state index contributed by atoms with van der Waals surface area (Å²) < 4.78 is 0.978. The first-order valence-electron chi connectivity index (χ1n) is 5.77. The molecule has 17 heavy (non-hydrogen) atoms. The van der Waals surface area contributed by atoms with Crippen LogP contribution in [-0.4, -0.2) is 23.0 Å². The average molecular weight is 346 g/mol. The molecule has 1 aromatic rings. The van der Waals surface area contributed by atoms with Gasteiger partial charge in [-0.15, -0.1) is 0 Å². The molecule has 0 heterocycles. The maximum atomic E-state index is 12.4. The van der Waals surface area contributed by atoms with Gasteiger partial charge in [0.15, 0.2) is 0 Å². The van der Waals surface area contributed by atoms with Crippen molar-refractivity contribution in [2.24, 2.45) is 0 Å². The van der Waals surface area contributed by atoms with Crippen molar-refractivity contribution in [2.75, 3.05) is 0 Å². The van der Waals surface area contributed by atoms with Crippen molar-refractivity contribution in [3.63, 3.8) is 0 Å². The van der Waals surface area contributed by atoms with Crippen molar-refractivity contribution >= 4 is 28.5 Å². The second-order valence-electron chi connectivity index (χ2n) is 4.53. The molecule has 4 heteroatoms. The highest BCUT2D eigenvalue weighted by Gasteiger charge is 2.20. The molecule has 0 aromatic heterocycles. The van der Waals surface area contributed by atoms with Crippen LogP contribution < -0.4 is 5.43 Å². The lowest BCUT2D eigenvalue weighted by Crippen LogP contribution is -2.50. The van der Waals surface area contributed by atoms with Gasteiger partial charge < -0.3 is 0 Å². The summed E-state index contributed by atoms with van der Waals surface area (Å²) in [4.78, 5) is 12.4. The molecule has 0 aliphatic heterocycles. The molecule has 0 atom stereocenters. The highest BCUT2D eigenvalue weighted by atomic mass is 127. The fourth-order valence-corrected chi connectivity index (χ4v) is 2.10. The van der Waals surface area contributed by atoms with Gasteiger partial charge >= 0.3 is 0 Å². The number of nitrogens with zero attached hydrogens (tertiary/aromatic N) is 1. The second kappa shape index (κ2) is 6.35. The van der Waals surface area contributed by atoms with Gasteiger partial charge in [-0.3, -0.25) is 9.80 Å². The third kappa shape index (κ3) is 3.96. The number of hydrogen-bond acceptors (Lipinski definition) is 2. The predicted octanol–water partition coefficient (Wildman–Crippen LogP) is 3.05. The van der Waals surface area contributed by atoms with Crippen LogP contribution in [0.25, 0.3) is 0 Å². The van der Waals surface area contributed by atoms with Gasteiger partial charge in [0.1, 0.15) is 0 Å². The normalized spacial score (nSPS) is 11.0. The third-order valence-electron chi connectivity index (χ3n) is 2.24. The lowest BCUT2D eigenvalue weighted by Gasteiger charge is -2.29. The topological polar surface area (TPSA) is 32.3 Å². The third-order valence-corrected chi connectivity index (χ3v) is 3.18. The Bertz CT molecular complexity index is 391. The van der Waals surface area contributed by atoms with E-state index in [2.05, 4.69) is 28.0 Å². The van der Waals surface area contributed by atoms with Crippen LogP contribution in [0.5, 0.6) is 0 Å². The molecule has 1 aromatic carbocycles. The summed E-state index contributed by atoms with van der Waals surface area (Å²) in [5.41, 5.74) is 3.93. The van der Waals surface area contributed by atoms with Gasteiger partial charge in [-0.1, -0.05) is 12.1 Å². The van der Waals surface area contributed by atoms with E-state index in [0.29, 0.717) is 0 Å². The fraction of sp³-hybridized carbons (Fsp3) is 0.462. The first-order chi connectivity index (χ1) is 7.93. The summed E-state index contributed by atoms with van der Waals surface area (Å²) >= 11 is 2.19. The minimum Gasteiger partial charge on any atom is -0.271 e. The van der Waals surface area contributed by atoms with Crippen molar-refractivity contribution in [2.45, 2.75) is 39.8 Å². The molecule has 0 fully saturated rings. The Kier molecular flexibility index (Phi) is 5.39. The van der Waals surface area contributed by atoms with E-state index in [1.807, 2.05) is 52.0 Å². The molecule has 1 N–H and O–H groups in total. The number of hydrogen-bond donors (Lipinski definition) is 1. The largest absolute Gasteiger partial charge is 0.271 e. The van der Waals surface area contributed by atoms with Crippen LogP contribution in [0.2, 0.25) is 0 Å². The van der Waals surface area contributed by atoms with Crippen molar-refractivity contribution in [1.29, 1.82) is 0 Å². The van der Waals surface area contributed by atoms with Crippen LogP contribution in [0.3, 0.4) is 0 Å². The quantitative estimate of drug-likeness (QED) is 0.671. The standard InChI is InChI=1S/C13H19IN2O/c1-9(2)15-16(10(3)4)13(17)11-7-5-6-8-12(11)14/h5-10,15H,1-4H3. The second-order valence-corrected chi connectivity index (χ2v) is 5.69. The molecule has 3 nitrogen and oxygen atoms in total. The maximum absolute atomic E-state index is 12.4. The van der Waals surface area contributed by atoms with Crippen molar-refractivity contribution < 1.29 is 4.79 Å². The Hall–Kier alpha value is -0.620. The van der Waals surface area contributed by atoms with E-state index in [4.69, 9.17) is 0 Å². The van der Waals surface area contributed by atoms with E-state index in [1.165, 1.54) is 0 Å². The van der Waals surface area contributed by atoms with Crippen LogP contribution >= 0.6 is 22.6 Å². The number of hydrazine groups is 1. The van der Waals surface area contributed by atoms with E-state index in [-0.39, 0.29) is 18.0 Å². The number of carbonyl (C=O) groups is 1. The van der Waals surface area contributed by atoms with E-state index in [1.54, 1.807) is 5.01 Å². The highest BCUT2D eigenvalue weighted by Crippen LogP contribution is 2.14. The molecule has 94 valence electrons. The minimum absolute atomic E-state index is 0.0266. The molecule has 0 saturated heterocycles. The molecular formula is C13H19IN2O.